The highest BCUT2D eigenvalue weighted by atomic mass is 16.3. The van der Waals surface area contributed by atoms with E-state index in [1.165, 1.54) is 0 Å². The quantitative estimate of drug-likeness (QED) is 0.737. The Morgan fingerprint density at radius 3 is 2.75 bits per heavy atom. The average Bonchev–Trinajstić information content (AvgIpc) is 2.81. The number of nitrogens with one attached hydrogen (secondary N) is 1. The average molecular weight is 274 g/mol. The molecule has 1 unspecified atom stereocenters. The number of aromatic nitrogens is 2. The summed E-state index contributed by atoms with van der Waals surface area (Å²) in [5.74, 6) is -0.333. The van der Waals surface area contributed by atoms with Crippen LogP contribution in [0.4, 0.5) is 5.69 Å². The SMILES string of the molecule is Cc1cc(C)c(O)c(NC(=O)C(N)c2cnn(C)c2)c1. The van der Waals surface area contributed by atoms with Crippen LogP contribution in [0.3, 0.4) is 0 Å². The number of nitrogens with two attached hydrogens (primary N) is 1. The standard InChI is InChI=1S/C14H18N4O2/c1-8-4-9(2)13(19)11(5-8)17-14(20)12(15)10-6-16-18(3)7-10/h4-7,12,19H,15H2,1-3H3,(H,17,20). The summed E-state index contributed by atoms with van der Waals surface area (Å²) in [6.07, 6.45) is 3.23. The first-order chi connectivity index (χ1) is 9.38. The fraction of sp³-hybridized carbons (Fsp3) is 0.286. The molecule has 0 aliphatic rings. The highest BCUT2D eigenvalue weighted by Gasteiger charge is 2.19. The largest absolute Gasteiger partial charge is 0.505 e. The third-order valence-corrected chi connectivity index (χ3v) is 3.07. The van der Waals surface area contributed by atoms with Crippen LogP contribution in [-0.2, 0) is 11.8 Å². The van der Waals surface area contributed by atoms with Gasteiger partial charge in [0.05, 0.1) is 11.9 Å². The fourth-order valence-electron chi connectivity index (χ4n) is 2.02. The molecule has 1 heterocycles. The van der Waals surface area contributed by atoms with E-state index in [2.05, 4.69) is 10.4 Å². The van der Waals surface area contributed by atoms with Crippen LogP contribution in [0.25, 0.3) is 0 Å². The smallest absolute Gasteiger partial charge is 0.246 e. The van der Waals surface area contributed by atoms with Crippen LogP contribution in [0.15, 0.2) is 24.5 Å². The van der Waals surface area contributed by atoms with Gasteiger partial charge in [0.1, 0.15) is 11.8 Å². The molecule has 2 aromatic rings. The number of rotatable bonds is 3. The Hall–Kier alpha value is -2.34. The molecule has 0 radical (unpaired) electrons. The van der Waals surface area contributed by atoms with Crippen molar-refractivity contribution in [1.82, 2.24) is 9.78 Å². The predicted molar refractivity (Wildman–Crippen MR) is 76.3 cm³/mol. The van der Waals surface area contributed by atoms with Crippen molar-refractivity contribution < 1.29 is 9.90 Å². The first-order valence-corrected chi connectivity index (χ1v) is 6.23. The minimum absolute atomic E-state index is 0.0577. The maximum absolute atomic E-state index is 12.1. The van der Waals surface area contributed by atoms with E-state index in [-0.39, 0.29) is 5.75 Å². The highest BCUT2D eigenvalue weighted by Crippen LogP contribution is 2.29. The summed E-state index contributed by atoms with van der Waals surface area (Å²) in [6, 6.07) is 2.71. The van der Waals surface area contributed by atoms with Gasteiger partial charge in [0, 0.05) is 18.8 Å². The molecule has 1 amide bonds. The Bertz CT molecular complexity index is 649. The molecule has 20 heavy (non-hydrogen) atoms. The van der Waals surface area contributed by atoms with E-state index in [9.17, 15) is 9.90 Å². The fourth-order valence-corrected chi connectivity index (χ4v) is 2.02. The van der Waals surface area contributed by atoms with E-state index in [0.717, 1.165) is 5.56 Å². The summed E-state index contributed by atoms with van der Waals surface area (Å²) < 4.78 is 1.58. The molecular weight excluding hydrogens is 256 g/mol. The van der Waals surface area contributed by atoms with E-state index in [0.29, 0.717) is 16.8 Å². The lowest BCUT2D eigenvalue weighted by atomic mass is 10.1. The number of carbonyl (C=O) groups excluding carboxylic acids is 1. The van der Waals surface area contributed by atoms with Gasteiger partial charge in [0.25, 0.3) is 0 Å². The number of phenolic OH excluding ortho intramolecular Hbond substituents is 1. The number of aromatic hydroxyl groups is 1. The van der Waals surface area contributed by atoms with Crippen molar-refractivity contribution in [3.63, 3.8) is 0 Å². The molecule has 0 aliphatic heterocycles. The molecule has 6 nitrogen and oxygen atoms in total. The zero-order valence-electron chi connectivity index (χ0n) is 11.7. The van der Waals surface area contributed by atoms with Crippen LogP contribution in [0, 0.1) is 13.8 Å². The molecule has 0 saturated heterocycles. The molecule has 0 bridgehead atoms. The number of anilines is 1. The van der Waals surface area contributed by atoms with Gasteiger partial charge in [0.15, 0.2) is 0 Å². The lowest BCUT2D eigenvalue weighted by Gasteiger charge is -2.13. The first-order valence-electron chi connectivity index (χ1n) is 6.23. The van der Waals surface area contributed by atoms with Gasteiger partial charge in [-0.2, -0.15) is 5.10 Å². The van der Waals surface area contributed by atoms with Crippen LogP contribution >= 0.6 is 0 Å². The molecule has 106 valence electrons. The van der Waals surface area contributed by atoms with Crippen LogP contribution in [-0.4, -0.2) is 20.8 Å². The molecule has 1 aromatic heterocycles. The van der Waals surface area contributed by atoms with E-state index in [1.807, 2.05) is 13.0 Å². The Kier molecular flexibility index (Phi) is 3.76. The molecule has 0 fully saturated rings. The van der Waals surface area contributed by atoms with Gasteiger partial charge in [-0.15, -0.1) is 0 Å². The number of nitrogens with zero attached hydrogens (tertiary/aromatic N) is 2. The summed E-state index contributed by atoms with van der Waals surface area (Å²) in [4.78, 5) is 12.1. The topological polar surface area (TPSA) is 93.2 Å². The van der Waals surface area contributed by atoms with Crippen molar-refractivity contribution in [2.24, 2.45) is 12.8 Å². The minimum atomic E-state index is -0.830. The molecular formula is C14H18N4O2. The maximum Gasteiger partial charge on any atom is 0.246 e. The van der Waals surface area contributed by atoms with Crippen LogP contribution in [0.2, 0.25) is 0 Å². The summed E-state index contributed by atoms with van der Waals surface area (Å²) in [6.45, 7) is 3.67. The number of amides is 1. The monoisotopic (exact) mass is 274 g/mol. The number of hydrogen-bond acceptors (Lipinski definition) is 4. The molecule has 6 heteroatoms. The first kappa shape index (κ1) is 14.1. The second kappa shape index (κ2) is 5.34. The zero-order valence-corrected chi connectivity index (χ0v) is 11.7. The van der Waals surface area contributed by atoms with Crippen LogP contribution < -0.4 is 11.1 Å². The summed E-state index contributed by atoms with van der Waals surface area (Å²) in [7, 11) is 1.75. The summed E-state index contributed by atoms with van der Waals surface area (Å²) in [5.41, 5.74) is 8.52. The van der Waals surface area contributed by atoms with Gasteiger partial charge in [0.2, 0.25) is 5.91 Å². The number of carbonyl (C=O) groups is 1. The van der Waals surface area contributed by atoms with Crippen molar-refractivity contribution in [2.75, 3.05) is 5.32 Å². The van der Waals surface area contributed by atoms with Crippen molar-refractivity contribution in [3.05, 3.63) is 41.2 Å². The molecule has 4 N–H and O–H groups in total. The lowest BCUT2D eigenvalue weighted by molar-refractivity contribution is -0.117. The van der Waals surface area contributed by atoms with Gasteiger partial charge in [-0.3, -0.25) is 9.48 Å². The Morgan fingerprint density at radius 1 is 1.45 bits per heavy atom. The Balaban J connectivity index is 2.20. The third kappa shape index (κ3) is 2.80. The maximum atomic E-state index is 12.1. The normalized spacial score (nSPS) is 12.2. The second-order valence-electron chi connectivity index (χ2n) is 4.89. The van der Waals surface area contributed by atoms with E-state index in [4.69, 9.17) is 5.73 Å². The summed E-state index contributed by atoms with van der Waals surface area (Å²) >= 11 is 0. The number of phenols is 1. The predicted octanol–water partition coefficient (Wildman–Crippen LogP) is 1.38. The van der Waals surface area contributed by atoms with Crippen LogP contribution in [0.5, 0.6) is 5.75 Å². The third-order valence-electron chi connectivity index (χ3n) is 3.07. The molecule has 2 rings (SSSR count). The van der Waals surface area contributed by atoms with Gasteiger partial charge in [-0.05, 0) is 31.0 Å². The molecule has 0 spiro atoms. The van der Waals surface area contributed by atoms with Crippen LogP contribution in [0.1, 0.15) is 22.7 Å². The number of hydrogen-bond donors (Lipinski definition) is 3. The molecule has 1 aromatic carbocycles. The molecule has 0 aliphatic carbocycles. The second-order valence-corrected chi connectivity index (χ2v) is 4.89. The van der Waals surface area contributed by atoms with E-state index in [1.54, 1.807) is 37.1 Å². The van der Waals surface area contributed by atoms with Gasteiger partial charge in [-0.1, -0.05) is 6.07 Å². The number of benzene rings is 1. The van der Waals surface area contributed by atoms with Crippen molar-refractivity contribution in [2.45, 2.75) is 19.9 Å². The van der Waals surface area contributed by atoms with Crippen molar-refractivity contribution in [3.8, 4) is 5.75 Å². The van der Waals surface area contributed by atoms with Crippen molar-refractivity contribution >= 4 is 11.6 Å². The van der Waals surface area contributed by atoms with Gasteiger partial charge < -0.3 is 16.2 Å². The Labute approximate surface area is 117 Å². The lowest BCUT2D eigenvalue weighted by Crippen LogP contribution is -2.27. The number of aryl methyl sites for hydroxylation is 3. The van der Waals surface area contributed by atoms with E-state index < -0.39 is 11.9 Å². The van der Waals surface area contributed by atoms with Crippen molar-refractivity contribution in [1.29, 1.82) is 0 Å². The van der Waals surface area contributed by atoms with Gasteiger partial charge in [-0.25, -0.2) is 0 Å². The van der Waals surface area contributed by atoms with Gasteiger partial charge >= 0.3 is 0 Å². The molecule has 1 atom stereocenters. The highest BCUT2D eigenvalue weighted by molar-refractivity contribution is 5.96. The molecule has 0 saturated carbocycles. The summed E-state index contributed by atoms with van der Waals surface area (Å²) in [5, 5.41) is 16.6. The minimum Gasteiger partial charge on any atom is -0.505 e. The van der Waals surface area contributed by atoms with E-state index >= 15 is 0 Å². The zero-order chi connectivity index (χ0) is 14.9. The Morgan fingerprint density at radius 2 is 2.15 bits per heavy atom.